The average Bonchev–Trinajstić information content (AvgIpc) is 3.18. The Hall–Kier alpha value is -3.80. The van der Waals surface area contributed by atoms with E-state index in [9.17, 15) is 4.79 Å². The fraction of sp³-hybridized carbons (Fsp3) is 0.130. The summed E-state index contributed by atoms with van der Waals surface area (Å²) >= 11 is 0. The first-order chi connectivity index (χ1) is 14.2. The van der Waals surface area contributed by atoms with Gasteiger partial charge in [0, 0.05) is 16.8 Å². The number of hydrogen-bond donors (Lipinski definition) is 2. The van der Waals surface area contributed by atoms with Gasteiger partial charge in [0.15, 0.2) is 0 Å². The topological polar surface area (TPSA) is 76.2 Å². The third-order valence-electron chi connectivity index (χ3n) is 4.67. The number of methoxy groups -OCH3 is 2. The summed E-state index contributed by atoms with van der Waals surface area (Å²) in [5.74, 6) is 2.00. The third-order valence-corrected chi connectivity index (χ3v) is 4.67. The van der Waals surface area contributed by atoms with E-state index in [1.54, 1.807) is 26.4 Å². The summed E-state index contributed by atoms with van der Waals surface area (Å²) in [6.45, 7) is 0. The maximum absolute atomic E-state index is 12.5. The average molecular weight is 387 g/mol. The Labute approximate surface area is 168 Å². The van der Waals surface area contributed by atoms with Crippen molar-refractivity contribution in [1.29, 1.82) is 0 Å². The van der Waals surface area contributed by atoms with Gasteiger partial charge < -0.3 is 19.8 Å². The molecule has 2 N–H and O–H groups in total. The lowest BCUT2D eigenvalue weighted by Crippen LogP contribution is -2.15. The van der Waals surface area contributed by atoms with E-state index in [4.69, 9.17) is 9.47 Å². The molecule has 0 radical (unpaired) electrons. The van der Waals surface area contributed by atoms with Gasteiger partial charge in [0.25, 0.3) is 0 Å². The molecule has 3 aromatic carbocycles. The van der Waals surface area contributed by atoms with E-state index in [2.05, 4.69) is 15.3 Å². The molecule has 0 aliphatic heterocycles. The Morgan fingerprint density at radius 2 is 1.79 bits per heavy atom. The minimum absolute atomic E-state index is 0.131. The van der Waals surface area contributed by atoms with Crippen LogP contribution in [0.15, 0.2) is 66.7 Å². The maximum Gasteiger partial charge on any atom is 0.228 e. The number of benzene rings is 3. The molecule has 29 heavy (non-hydrogen) atoms. The summed E-state index contributed by atoms with van der Waals surface area (Å²) in [5, 5.41) is 2.92. The Morgan fingerprint density at radius 1 is 1.00 bits per heavy atom. The highest BCUT2D eigenvalue weighted by molar-refractivity contribution is 5.93. The molecule has 0 spiro atoms. The van der Waals surface area contributed by atoms with Crippen molar-refractivity contribution < 1.29 is 14.3 Å². The highest BCUT2D eigenvalue weighted by Gasteiger charge is 2.11. The van der Waals surface area contributed by atoms with E-state index in [0.29, 0.717) is 11.5 Å². The summed E-state index contributed by atoms with van der Waals surface area (Å²) in [7, 11) is 3.18. The molecule has 146 valence electrons. The minimum atomic E-state index is -0.131. The van der Waals surface area contributed by atoms with Crippen LogP contribution in [0, 0.1) is 0 Å². The van der Waals surface area contributed by atoms with Gasteiger partial charge in [-0.05, 0) is 54.6 Å². The van der Waals surface area contributed by atoms with Gasteiger partial charge in [0.05, 0.1) is 31.7 Å². The number of amides is 1. The van der Waals surface area contributed by atoms with Gasteiger partial charge in [-0.1, -0.05) is 12.1 Å². The largest absolute Gasteiger partial charge is 0.497 e. The highest BCUT2D eigenvalue weighted by atomic mass is 16.5. The number of carbonyl (C=O) groups is 1. The zero-order chi connectivity index (χ0) is 20.2. The summed E-state index contributed by atoms with van der Waals surface area (Å²) in [4.78, 5) is 20.4. The number of nitrogens with zero attached hydrogens (tertiary/aromatic N) is 1. The maximum atomic E-state index is 12.5. The number of imidazole rings is 1. The van der Waals surface area contributed by atoms with Crippen molar-refractivity contribution in [3.63, 3.8) is 0 Å². The molecule has 0 aliphatic rings. The van der Waals surface area contributed by atoms with Crippen LogP contribution in [0.3, 0.4) is 0 Å². The molecule has 1 heterocycles. The van der Waals surface area contributed by atoms with Crippen molar-refractivity contribution in [2.75, 3.05) is 19.5 Å². The summed E-state index contributed by atoms with van der Waals surface area (Å²) in [6.07, 6.45) is 0.186. The normalized spacial score (nSPS) is 10.7. The van der Waals surface area contributed by atoms with Gasteiger partial charge in [-0.25, -0.2) is 4.98 Å². The third kappa shape index (κ3) is 4.06. The number of anilines is 1. The van der Waals surface area contributed by atoms with E-state index >= 15 is 0 Å². The van der Waals surface area contributed by atoms with Crippen LogP contribution in [-0.2, 0) is 11.2 Å². The lowest BCUT2D eigenvalue weighted by molar-refractivity contribution is -0.115. The fourth-order valence-electron chi connectivity index (χ4n) is 3.20. The number of H-pyrrole nitrogens is 1. The number of aromatic nitrogens is 2. The first kappa shape index (κ1) is 18.6. The van der Waals surface area contributed by atoms with E-state index in [1.165, 1.54) is 0 Å². The van der Waals surface area contributed by atoms with Gasteiger partial charge in [-0.3, -0.25) is 4.79 Å². The first-order valence-corrected chi connectivity index (χ1v) is 9.22. The van der Waals surface area contributed by atoms with Crippen LogP contribution in [0.4, 0.5) is 5.69 Å². The van der Waals surface area contributed by atoms with Gasteiger partial charge >= 0.3 is 0 Å². The van der Waals surface area contributed by atoms with Crippen molar-refractivity contribution in [2.45, 2.75) is 6.42 Å². The smallest absolute Gasteiger partial charge is 0.228 e. The lowest BCUT2D eigenvalue weighted by Gasteiger charge is -2.11. The molecule has 1 aromatic heterocycles. The van der Waals surface area contributed by atoms with Crippen LogP contribution in [0.5, 0.6) is 11.5 Å². The number of fused-ring (bicyclic) bond motifs is 1. The summed E-state index contributed by atoms with van der Waals surface area (Å²) in [6, 6.07) is 20.9. The molecule has 0 saturated carbocycles. The van der Waals surface area contributed by atoms with E-state index in [-0.39, 0.29) is 12.3 Å². The number of ether oxygens (including phenoxy) is 2. The number of aromatic amines is 1. The van der Waals surface area contributed by atoms with Crippen LogP contribution in [0.25, 0.3) is 22.4 Å². The summed E-state index contributed by atoms with van der Waals surface area (Å²) in [5.41, 5.74) is 4.35. The number of hydrogen-bond acceptors (Lipinski definition) is 4. The molecule has 0 bridgehead atoms. The number of carbonyl (C=O) groups excluding carboxylic acids is 1. The van der Waals surface area contributed by atoms with Crippen LogP contribution < -0.4 is 14.8 Å². The fourth-order valence-corrected chi connectivity index (χ4v) is 3.20. The second kappa shape index (κ2) is 8.06. The van der Waals surface area contributed by atoms with Gasteiger partial charge in [0.1, 0.15) is 17.3 Å². The second-order valence-electron chi connectivity index (χ2n) is 6.58. The number of rotatable bonds is 6. The quantitative estimate of drug-likeness (QED) is 0.513. The SMILES string of the molecule is COc1ccc(OC)c(CC(=O)Nc2ccc(-c3nc4ccccc4[nH]3)cc2)c1. The molecule has 4 aromatic rings. The van der Waals surface area contributed by atoms with Crippen LogP contribution in [0.2, 0.25) is 0 Å². The molecule has 0 aliphatic carbocycles. The minimum Gasteiger partial charge on any atom is -0.497 e. The van der Waals surface area contributed by atoms with Crippen LogP contribution in [0.1, 0.15) is 5.56 Å². The number of para-hydroxylation sites is 2. The molecular formula is C23H21N3O3. The molecule has 6 nitrogen and oxygen atoms in total. The van der Waals surface area contributed by atoms with Crippen molar-refractivity contribution in [3.8, 4) is 22.9 Å². The van der Waals surface area contributed by atoms with E-state index in [1.807, 2.05) is 54.6 Å². The molecule has 0 saturated heterocycles. The lowest BCUT2D eigenvalue weighted by atomic mass is 10.1. The standard InChI is InChI=1S/C23H21N3O3/c1-28-18-11-12-21(29-2)16(13-18)14-22(27)24-17-9-7-15(8-10-17)23-25-19-5-3-4-6-20(19)26-23/h3-13H,14H2,1-2H3,(H,24,27)(H,25,26). The highest BCUT2D eigenvalue weighted by Crippen LogP contribution is 2.25. The second-order valence-corrected chi connectivity index (χ2v) is 6.58. The molecule has 0 unspecified atom stereocenters. The molecule has 6 heteroatoms. The Morgan fingerprint density at radius 3 is 2.52 bits per heavy atom. The Bertz CT molecular complexity index is 1120. The Kier molecular flexibility index (Phi) is 5.16. The molecule has 1 amide bonds. The zero-order valence-corrected chi connectivity index (χ0v) is 16.2. The summed E-state index contributed by atoms with van der Waals surface area (Å²) < 4.78 is 10.6. The van der Waals surface area contributed by atoms with Crippen LogP contribution >= 0.6 is 0 Å². The monoisotopic (exact) mass is 387 g/mol. The molecule has 0 fully saturated rings. The van der Waals surface area contributed by atoms with Gasteiger partial charge in [-0.15, -0.1) is 0 Å². The van der Waals surface area contributed by atoms with E-state index < -0.39 is 0 Å². The molecule has 0 atom stereocenters. The van der Waals surface area contributed by atoms with E-state index in [0.717, 1.165) is 33.7 Å². The first-order valence-electron chi connectivity index (χ1n) is 9.22. The number of nitrogens with one attached hydrogen (secondary N) is 2. The predicted octanol–water partition coefficient (Wildman–Crippen LogP) is 4.43. The van der Waals surface area contributed by atoms with Gasteiger partial charge in [0.2, 0.25) is 5.91 Å². The van der Waals surface area contributed by atoms with Crippen molar-refractivity contribution >= 4 is 22.6 Å². The van der Waals surface area contributed by atoms with Crippen LogP contribution in [-0.4, -0.2) is 30.1 Å². The van der Waals surface area contributed by atoms with Crippen molar-refractivity contribution in [2.24, 2.45) is 0 Å². The zero-order valence-electron chi connectivity index (χ0n) is 16.2. The molecular weight excluding hydrogens is 366 g/mol. The van der Waals surface area contributed by atoms with Gasteiger partial charge in [-0.2, -0.15) is 0 Å². The Balaban J connectivity index is 1.47. The molecule has 4 rings (SSSR count). The predicted molar refractivity (Wildman–Crippen MR) is 113 cm³/mol. The van der Waals surface area contributed by atoms with Crippen molar-refractivity contribution in [1.82, 2.24) is 9.97 Å². The van der Waals surface area contributed by atoms with Crippen molar-refractivity contribution in [3.05, 3.63) is 72.3 Å².